The van der Waals surface area contributed by atoms with Gasteiger partial charge in [-0.3, -0.25) is 0 Å². The minimum atomic E-state index is 0.347. The van der Waals surface area contributed by atoms with E-state index < -0.39 is 0 Å². The second kappa shape index (κ2) is 29.6. The molecule has 0 radical (unpaired) electrons. The predicted octanol–water partition coefficient (Wildman–Crippen LogP) is 6.27. The van der Waals surface area contributed by atoms with E-state index in [0.29, 0.717) is 6.61 Å². The fraction of sp³-hybridized carbons (Fsp3) is 1.00. The van der Waals surface area contributed by atoms with Gasteiger partial charge >= 0.3 is 0 Å². The molecular weight excluding hydrogens is 322 g/mol. The van der Waals surface area contributed by atoms with Crippen LogP contribution >= 0.6 is 0 Å². The molecule has 0 heterocycles. The zero-order valence-corrected chi connectivity index (χ0v) is 19.2. The third-order valence-corrected chi connectivity index (χ3v) is 4.60. The van der Waals surface area contributed by atoms with Crippen LogP contribution in [0.15, 0.2) is 0 Å². The highest BCUT2D eigenvalue weighted by atomic mass is 16.3. The quantitative estimate of drug-likeness (QED) is 0.312. The van der Waals surface area contributed by atoms with Crippen LogP contribution in [0.25, 0.3) is 0 Å². The van der Waals surface area contributed by atoms with Crippen molar-refractivity contribution >= 4 is 0 Å². The summed E-state index contributed by atoms with van der Waals surface area (Å²) in [7, 11) is 1.00. The van der Waals surface area contributed by atoms with Gasteiger partial charge in [0.25, 0.3) is 0 Å². The van der Waals surface area contributed by atoms with Gasteiger partial charge in [-0.05, 0) is 51.2 Å². The van der Waals surface area contributed by atoms with Crippen LogP contribution in [0.3, 0.4) is 0 Å². The largest absolute Gasteiger partial charge is 0.400 e. The summed E-state index contributed by atoms with van der Waals surface area (Å²) in [5, 5.41) is 15.9. The van der Waals surface area contributed by atoms with Crippen LogP contribution in [-0.4, -0.2) is 48.5 Å². The van der Waals surface area contributed by atoms with E-state index in [4.69, 9.17) is 10.2 Å². The van der Waals surface area contributed by atoms with Crippen LogP contribution < -0.4 is 0 Å². The number of nitrogens with zero attached hydrogens (tertiary/aromatic N) is 1. The van der Waals surface area contributed by atoms with Crippen molar-refractivity contribution in [1.82, 2.24) is 4.90 Å². The van der Waals surface area contributed by atoms with Crippen LogP contribution in [0.5, 0.6) is 0 Å². The van der Waals surface area contributed by atoms with E-state index in [1.807, 2.05) is 0 Å². The zero-order chi connectivity index (χ0) is 20.5. The Balaban J connectivity index is -0.000000645. The summed E-state index contributed by atoms with van der Waals surface area (Å²) in [6.07, 6.45) is 15.7. The normalized spacial score (nSPS) is 10.4. The van der Waals surface area contributed by atoms with Gasteiger partial charge in [-0.25, -0.2) is 0 Å². The smallest absolute Gasteiger partial charge is 0.0431 e. The first-order chi connectivity index (χ1) is 12.6. The molecule has 26 heavy (non-hydrogen) atoms. The molecule has 0 rings (SSSR count). The molecule has 0 aromatic rings. The van der Waals surface area contributed by atoms with Crippen molar-refractivity contribution in [2.45, 2.75) is 112 Å². The lowest BCUT2D eigenvalue weighted by Gasteiger charge is -2.22. The van der Waals surface area contributed by atoms with E-state index in [0.717, 1.165) is 25.9 Å². The minimum Gasteiger partial charge on any atom is -0.400 e. The first-order valence-corrected chi connectivity index (χ1v) is 11.4. The standard InChI is InChI=1S/C17H37NO.C5H12.CH4O/c1-3-5-7-9-11-15-18(16-12-13-17-19)14-10-8-6-4-2;1-4-5(2)3;1-2/h19H,3-17H2,1-2H3;5H,4H2,1-3H3;2H,1H3. The van der Waals surface area contributed by atoms with E-state index in [1.54, 1.807) is 0 Å². The Morgan fingerprint density at radius 3 is 1.31 bits per heavy atom. The highest BCUT2D eigenvalue weighted by Crippen LogP contribution is 2.07. The van der Waals surface area contributed by atoms with Gasteiger partial charge in [-0.1, -0.05) is 86.0 Å². The maximum absolute atomic E-state index is 8.88. The van der Waals surface area contributed by atoms with E-state index in [2.05, 4.69) is 39.5 Å². The highest BCUT2D eigenvalue weighted by molar-refractivity contribution is 4.59. The predicted molar refractivity (Wildman–Crippen MR) is 119 cm³/mol. The van der Waals surface area contributed by atoms with Crippen molar-refractivity contribution in [2.75, 3.05) is 33.4 Å². The number of aliphatic hydroxyl groups is 2. The summed E-state index contributed by atoms with van der Waals surface area (Å²) < 4.78 is 0. The highest BCUT2D eigenvalue weighted by Gasteiger charge is 2.04. The van der Waals surface area contributed by atoms with E-state index in [-0.39, 0.29) is 0 Å². The Bertz CT molecular complexity index is 210. The van der Waals surface area contributed by atoms with Crippen molar-refractivity contribution in [3.8, 4) is 0 Å². The zero-order valence-electron chi connectivity index (χ0n) is 19.2. The molecule has 0 aliphatic heterocycles. The van der Waals surface area contributed by atoms with Crippen LogP contribution in [0, 0.1) is 5.92 Å². The summed E-state index contributed by atoms with van der Waals surface area (Å²) >= 11 is 0. The van der Waals surface area contributed by atoms with E-state index in [1.165, 1.54) is 83.8 Å². The van der Waals surface area contributed by atoms with Gasteiger partial charge in [0, 0.05) is 13.7 Å². The van der Waals surface area contributed by atoms with Gasteiger partial charge in [0.1, 0.15) is 0 Å². The third kappa shape index (κ3) is 31.6. The first kappa shape index (κ1) is 30.6. The topological polar surface area (TPSA) is 43.7 Å². The summed E-state index contributed by atoms with van der Waals surface area (Å²) in [6.45, 7) is 15.2. The molecule has 0 fully saturated rings. The molecular formula is C23H53NO2. The van der Waals surface area contributed by atoms with Gasteiger partial charge in [0.05, 0.1) is 0 Å². The molecule has 2 N–H and O–H groups in total. The number of aliphatic hydroxyl groups excluding tert-OH is 2. The summed E-state index contributed by atoms with van der Waals surface area (Å²) in [5.74, 6) is 0.884. The minimum absolute atomic E-state index is 0.347. The number of hydrogen-bond donors (Lipinski definition) is 2. The second-order valence-corrected chi connectivity index (χ2v) is 7.55. The fourth-order valence-corrected chi connectivity index (χ4v) is 2.48. The number of unbranched alkanes of at least 4 members (excludes halogenated alkanes) is 8. The second-order valence-electron chi connectivity index (χ2n) is 7.55. The molecule has 0 saturated heterocycles. The summed E-state index contributed by atoms with van der Waals surface area (Å²) in [5.41, 5.74) is 0. The average molecular weight is 376 g/mol. The maximum atomic E-state index is 8.88. The SMILES string of the molecule is CCC(C)C.CCCCCCCN(CCCCO)CCCCCC.CO. The Kier molecular flexibility index (Phi) is 34.9. The number of rotatable bonds is 16. The van der Waals surface area contributed by atoms with Crippen molar-refractivity contribution in [1.29, 1.82) is 0 Å². The Labute approximate surface area is 166 Å². The molecule has 0 saturated carbocycles. The average Bonchev–Trinajstić information content (AvgIpc) is 2.66. The van der Waals surface area contributed by atoms with Crippen molar-refractivity contribution in [2.24, 2.45) is 5.92 Å². The molecule has 0 atom stereocenters. The molecule has 0 aromatic carbocycles. The van der Waals surface area contributed by atoms with Gasteiger partial charge in [-0.15, -0.1) is 0 Å². The van der Waals surface area contributed by atoms with E-state index in [9.17, 15) is 0 Å². The molecule has 3 heteroatoms. The molecule has 0 aliphatic rings. The lowest BCUT2D eigenvalue weighted by atomic mass is 10.1. The molecule has 0 spiro atoms. The molecule has 162 valence electrons. The number of hydrogen-bond acceptors (Lipinski definition) is 3. The Morgan fingerprint density at radius 2 is 0.962 bits per heavy atom. The van der Waals surface area contributed by atoms with Gasteiger partial charge < -0.3 is 15.1 Å². The van der Waals surface area contributed by atoms with Crippen LogP contribution in [0.4, 0.5) is 0 Å². The monoisotopic (exact) mass is 375 g/mol. The van der Waals surface area contributed by atoms with Gasteiger partial charge in [0.2, 0.25) is 0 Å². The van der Waals surface area contributed by atoms with Crippen molar-refractivity contribution in [3.63, 3.8) is 0 Å². The molecule has 3 nitrogen and oxygen atoms in total. The Hall–Kier alpha value is -0.120. The molecule has 0 bridgehead atoms. The summed E-state index contributed by atoms with van der Waals surface area (Å²) in [4.78, 5) is 2.62. The summed E-state index contributed by atoms with van der Waals surface area (Å²) in [6, 6.07) is 0. The lowest BCUT2D eigenvalue weighted by molar-refractivity contribution is 0.234. The third-order valence-electron chi connectivity index (χ3n) is 4.60. The lowest BCUT2D eigenvalue weighted by Crippen LogP contribution is -2.27. The Morgan fingerprint density at radius 1 is 0.615 bits per heavy atom. The molecule has 0 unspecified atom stereocenters. The van der Waals surface area contributed by atoms with Crippen molar-refractivity contribution in [3.05, 3.63) is 0 Å². The van der Waals surface area contributed by atoms with Crippen LogP contribution in [0.2, 0.25) is 0 Å². The van der Waals surface area contributed by atoms with Gasteiger partial charge in [-0.2, -0.15) is 0 Å². The molecule has 0 aromatic heterocycles. The fourth-order valence-electron chi connectivity index (χ4n) is 2.48. The molecule has 0 amide bonds. The van der Waals surface area contributed by atoms with Crippen LogP contribution in [-0.2, 0) is 0 Å². The maximum Gasteiger partial charge on any atom is 0.0431 e. The van der Waals surface area contributed by atoms with Crippen molar-refractivity contribution < 1.29 is 10.2 Å². The first-order valence-electron chi connectivity index (χ1n) is 11.4. The molecule has 0 aliphatic carbocycles. The van der Waals surface area contributed by atoms with E-state index >= 15 is 0 Å². The van der Waals surface area contributed by atoms with Crippen LogP contribution in [0.1, 0.15) is 112 Å². The van der Waals surface area contributed by atoms with Gasteiger partial charge in [0.15, 0.2) is 0 Å².